The molecule has 0 N–H and O–H groups in total. The summed E-state index contributed by atoms with van der Waals surface area (Å²) >= 11 is 1.69. The van der Waals surface area contributed by atoms with Crippen LogP contribution in [0.3, 0.4) is 0 Å². The van der Waals surface area contributed by atoms with Crippen molar-refractivity contribution in [2.45, 2.75) is 6.92 Å². The molecular formula is C18H19N2OS. The highest BCUT2D eigenvalue weighted by Gasteiger charge is 2.22. The lowest BCUT2D eigenvalue weighted by Crippen LogP contribution is -2.36. The summed E-state index contributed by atoms with van der Waals surface area (Å²) in [5, 5.41) is 7.79. The van der Waals surface area contributed by atoms with Gasteiger partial charge >= 0.3 is 0 Å². The number of hydrazine groups is 1. The molecule has 0 spiro atoms. The maximum absolute atomic E-state index is 5.50. The third kappa shape index (κ3) is 3.07. The van der Waals surface area contributed by atoms with Gasteiger partial charge in [0, 0.05) is 12.6 Å². The minimum absolute atomic E-state index is 0.688. The van der Waals surface area contributed by atoms with Crippen molar-refractivity contribution in [3.8, 4) is 5.75 Å². The summed E-state index contributed by atoms with van der Waals surface area (Å²) in [6.45, 7) is 2.68. The first-order valence-corrected chi connectivity index (χ1v) is 8.32. The third-order valence-electron chi connectivity index (χ3n) is 3.54. The Morgan fingerprint density at radius 1 is 1.14 bits per heavy atom. The lowest BCUT2D eigenvalue weighted by molar-refractivity contribution is 0.340. The van der Waals surface area contributed by atoms with Crippen LogP contribution in [0.1, 0.15) is 12.5 Å². The van der Waals surface area contributed by atoms with E-state index in [1.807, 2.05) is 25.1 Å². The average Bonchev–Trinajstić information content (AvgIpc) is 3.06. The van der Waals surface area contributed by atoms with Crippen molar-refractivity contribution in [1.29, 1.82) is 0 Å². The van der Waals surface area contributed by atoms with Gasteiger partial charge in [-0.3, -0.25) is 10.0 Å². The zero-order valence-corrected chi connectivity index (χ0v) is 13.6. The van der Waals surface area contributed by atoms with Crippen molar-refractivity contribution in [3.05, 3.63) is 65.6 Å². The largest absolute Gasteiger partial charge is 0.494 e. The zero-order chi connectivity index (χ0) is 15.4. The fourth-order valence-electron chi connectivity index (χ4n) is 2.38. The van der Waals surface area contributed by atoms with E-state index in [1.165, 1.54) is 5.56 Å². The summed E-state index contributed by atoms with van der Waals surface area (Å²) in [5.74, 6) is 1.77. The fourth-order valence-corrected chi connectivity index (χ4v) is 3.23. The van der Waals surface area contributed by atoms with Crippen molar-refractivity contribution in [2.24, 2.45) is 0 Å². The Kier molecular flexibility index (Phi) is 4.59. The van der Waals surface area contributed by atoms with Gasteiger partial charge in [-0.15, -0.1) is 0 Å². The highest BCUT2D eigenvalue weighted by Crippen LogP contribution is 2.33. The van der Waals surface area contributed by atoms with Crippen LogP contribution in [0.25, 0.3) is 5.70 Å². The Morgan fingerprint density at radius 2 is 1.86 bits per heavy atom. The Morgan fingerprint density at radius 3 is 2.55 bits per heavy atom. The van der Waals surface area contributed by atoms with E-state index in [0.29, 0.717) is 6.61 Å². The molecule has 0 unspecified atom stereocenters. The molecule has 0 aromatic heterocycles. The van der Waals surface area contributed by atoms with Crippen molar-refractivity contribution in [3.63, 3.8) is 0 Å². The van der Waals surface area contributed by atoms with Gasteiger partial charge in [-0.2, -0.15) is 0 Å². The molecule has 0 amide bonds. The topological polar surface area (TPSA) is 15.7 Å². The van der Waals surface area contributed by atoms with Crippen molar-refractivity contribution in [2.75, 3.05) is 24.5 Å². The molecule has 0 aliphatic carbocycles. The molecule has 22 heavy (non-hydrogen) atoms. The SMILES string of the molecule is CCOc1ccc(N(C)N2CS[C]=C2c2ccccc2)cc1. The number of rotatable bonds is 5. The molecule has 1 aliphatic heterocycles. The van der Waals surface area contributed by atoms with Gasteiger partial charge in [-0.25, -0.2) is 0 Å². The van der Waals surface area contributed by atoms with Crippen molar-refractivity contribution in [1.82, 2.24) is 5.01 Å². The first-order valence-electron chi connectivity index (χ1n) is 7.34. The van der Waals surface area contributed by atoms with Crippen LogP contribution in [0.4, 0.5) is 5.69 Å². The van der Waals surface area contributed by atoms with Gasteiger partial charge in [-0.05, 0) is 31.2 Å². The minimum atomic E-state index is 0.688. The summed E-state index contributed by atoms with van der Waals surface area (Å²) in [4.78, 5) is 0. The van der Waals surface area contributed by atoms with Gasteiger partial charge in [-0.1, -0.05) is 42.1 Å². The molecular weight excluding hydrogens is 292 g/mol. The number of hydrogen-bond acceptors (Lipinski definition) is 4. The Balaban J connectivity index is 1.79. The number of thioether (sulfide) groups is 1. The summed E-state index contributed by atoms with van der Waals surface area (Å²) in [6.07, 6.45) is 0. The predicted octanol–water partition coefficient (Wildman–Crippen LogP) is 4.24. The van der Waals surface area contributed by atoms with Crippen LogP contribution < -0.4 is 9.75 Å². The number of ether oxygens (including phenoxy) is 1. The predicted molar refractivity (Wildman–Crippen MR) is 93.4 cm³/mol. The normalized spacial score (nSPS) is 13.9. The van der Waals surface area contributed by atoms with E-state index in [2.05, 4.69) is 58.9 Å². The van der Waals surface area contributed by atoms with E-state index >= 15 is 0 Å². The molecule has 1 heterocycles. The molecule has 0 bridgehead atoms. The van der Waals surface area contributed by atoms with Gasteiger partial charge in [0.25, 0.3) is 0 Å². The molecule has 2 aromatic carbocycles. The van der Waals surface area contributed by atoms with Crippen LogP contribution in [0.2, 0.25) is 0 Å². The minimum Gasteiger partial charge on any atom is -0.494 e. The second-order valence-electron chi connectivity index (χ2n) is 4.94. The molecule has 0 fully saturated rings. The highest BCUT2D eigenvalue weighted by atomic mass is 32.2. The third-order valence-corrected chi connectivity index (χ3v) is 4.26. The van der Waals surface area contributed by atoms with Gasteiger partial charge in [0.2, 0.25) is 0 Å². The number of anilines is 1. The smallest absolute Gasteiger partial charge is 0.119 e. The van der Waals surface area contributed by atoms with Crippen LogP contribution in [-0.4, -0.2) is 24.5 Å². The summed E-state index contributed by atoms with van der Waals surface area (Å²) in [6, 6.07) is 18.6. The lowest BCUT2D eigenvalue weighted by atomic mass is 10.2. The summed E-state index contributed by atoms with van der Waals surface area (Å²) in [5.41, 5.74) is 3.42. The highest BCUT2D eigenvalue weighted by molar-refractivity contribution is 8.01. The molecule has 1 aliphatic rings. The van der Waals surface area contributed by atoms with Gasteiger partial charge in [0.05, 0.1) is 29.3 Å². The second-order valence-corrected chi connectivity index (χ2v) is 5.69. The Bertz CT molecular complexity index is 640. The maximum Gasteiger partial charge on any atom is 0.119 e. The summed E-state index contributed by atoms with van der Waals surface area (Å²) in [7, 11) is 2.08. The van der Waals surface area contributed by atoms with Gasteiger partial charge < -0.3 is 4.74 Å². The van der Waals surface area contributed by atoms with Crippen molar-refractivity contribution >= 4 is 23.1 Å². The van der Waals surface area contributed by atoms with Crippen molar-refractivity contribution < 1.29 is 4.74 Å². The van der Waals surface area contributed by atoms with E-state index in [0.717, 1.165) is 23.0 Å². The second kappa shape index (κ2) is 6.79. The van der Waals surface area contributed by atoms with Crippen LogP contribution >= 0.6 is 11.8 Å². The molecule has 0 atom stereocenters. The molecule has 4 heteroatoms. The van der Waals surface area contributed by atoms with Gasteiger partial charge in [0.15, 0.2) is 0 Å². The monoisotopic (exact) mass is 311 g/mol. The number of hydrogen-bond donors (Lipinski definition) is 0. The Labute approximate surface area is 136 Å². The van der Waals surface area contributed by atoms with Crippen LogP contribution in [-0.2, 0) is 0 Å². The number of nitrogens with zero attached hydrogens (tertiary/aromatic N) is 2. The molecule has 113 valence electrons. The maximum atomic E-state index is 5.50. The molecule has 2 aromatic rings. The van der Waals surface area contributed by atoms with E-state index in [4.69, 9.17) is 4.74 Å². The average molecular weight is 311 g/mol. The van der Waals surface area contributed by atoms with Crippen LogP contribution in [0.15, 0.2) is 54.6 Å². The van der Waals surface area contributed by atoms with E-state index in [9.17, 15) is 0 Å². The first-order chi connectivity index (χ1) is 10.8. The number of benzene rings is 2. The van der Waals surface area contributed by atoms with Gasteiger partial charge in [0.1, 0.15) is 5.75 Å². The molecule has 3 rings (SSSR count). The van der Waals surface area contributed by atoms with Crippen LogP contribution in [0.5, 0.6) is 5.75 Å². The quantitative estimate of drug-likeness (QED) is 0.820. The molecule has 0 saturated carbocycles. The first kappa shape index (κ1) is 14.9. The van der Waals surface area contributed by atoms with Crippen LogP contribution in [0, 0.1) is 5.41 Å². The molecule has 1 radical (unpaired) electrons. The lowest BCUT2D eigenvalue weighted by Gasteiger charge is -2.33. The summed E-state index contributed by atoms with van der Waals surface area (Å²) < 4.78 is 5.50. The Hall–Kier alpha value is -2.07. The zero-order valence-electron chi connectivity index (χ0n) is 12.8. The van der Waals surface area contributed by atoms with E-state index in [1.54, 1.807) is 11.8 Å². The van der Waals surface area contributed by atoms with E-state index in [-0.39, 0.29) is 0 Å². The fraction of sp³-hybridized carbons (Fsp3) is 0.222. The van der Waals surface area contributed by atoms with E-state index < -0.39 is 0 Å². The standard InChI is InChI=1S/C18H19N2OS/c1-3-21-17-11-9-16(10-12-17)19(2)20-14-22-13-18(20)15-7-5-4-6-8-15/h4-12H,3,14H2,1-2H3. The molecule has 3 nitrogen and oxygen atoms in total. The molecule has 0 saturated heterocycles.